The summed E-state index contributed by atoms with van der Waals surface area (Å²) in [5.74, 6) is 0.709. The molecule has 0 amide bonds. The average Bonchev–Trinajstić information content (AvgIpc) is 2.36. The first-order valence-corrected chi connectivity index (χ1v) is 4.96. The number of methoxy groups -OCH3 is 1. The van der Waals surface area contributed by atoms with Crippen LogP contribution in [0.25, 0.3) is 0 Å². The summed E-state index contributed by atoms with van der Waals surface area (Å²) in [7, 11) is 1.70. The standard InChI is InChI=1S/C9H15NOS/c1-7(2)4-8-5-10-9(12-8)6-11-3/h5,7H,4,6H2,1-3H3. The molecular formula is C9H15NOS. The second-order valence-electron chi connectivity index (χ2n) is 3.25. The van der Waals surface area contributed by atoms with Crippen molar-refractivity contribution in [3.05, 3.63) is 16.1 Å². The van der Waals surface area contributed by atoms with Gasteiger partial charge in [-0.25, -0.2) is 4.98 Å². The van der Waals surface area contributed by atoms with Crippen LogP contribution in [0, 0.1) is 5.92 Å². The molecule has 0 aromatic carbocycles. The molecule has 0 bridgehead atoms. The Morgan fingerprint density at radius 2 is 2.33 bits per heavy atom. The van der Waals surface area contributed by atoms with Crippen LogP contribution in [0.1, 0.15) is 23.7 Å². The summed E-state index contributed by atoms with van der Waals surface area (Å²) in [5.41, 5.74) is 0. The van der Waals surface area contributed by atoms with Crippen molar-refractivity contribution in [3.8, 4) is 0 Å². The third-order valence-electron chi connectivity index (χ3n) is 1.48. The Labute approximate surface area is 77.6 Å². The molecule has 68 valence electrons. The van der Waals surface area contributed by atoms with E-state index in [1.807, 2.05) is 6.20 Å². The molecule has 12 heavy (non-hydrogen) atoms. The molecule has 2 nitrogen and oxygen atoms in total. The first kappa shape index (κ1) is 9.68. The molecule has 1 heterocycles. The summed E-state index contributed by atoms with van der Waals surface area (Å²) in [4.78, 5) is 5.61. The maximum atomic E-state index is 4.99. The minimum Gasteiger partial charge on any atom is -0.378 e. The van der Waals surface area contributed by atoms with Crippen molar-refractivity contribution in [2.75, 3.05) is 7.11 Å². The fraction of sp³-hybridized carbons (Fsp3) is 0.667. The van der Waals surface area contributed by atoms with Crippen LogP contribution in [0.2, 0.25) is 0 Å². The van der Waals surface area contributed by atoms with E-state index in [4.69, 9.17) is 4.74 Å². The Hall–Kier alpha value is -0.410. The largest absolute Gasteiger partial charge is 0.378 e. The van der Waals surface area contributed by atoms with Gasteiger partial charge in [0.15, 0.2) is 0 Å². The maximum absolute atomic E-state index is 4.99. The number of hydrogen-bond donors (Lipinski definition) is 0. The third kappa shape index (κ3) is 2.91. The number of thiazole rings is 1. The van der Waals surface area contributed by atoms with E-state index >= 15 is 0 Å². The van der Waals surface area contributed by atoms with Gasteiger partial charge in [-0.15, -0.1) is 11.3 Å². The van der Waals surface area contributed by atoms with Crippen molar-refractivity contribution < 1.29 is 4.74 Å². The Morgan fingerprint density at radius 3 is 2.92 bits per heavy atom. The van der Waals surface area contributed by atoms with Crippen molar-refractivity contribution in [1.82, 2.24) is 4.98 Å². The minimum absolute atomic E-state index is 0.642. The van der Waals surface area contributed by atoms with Crippen LogP contribution in [0.3, 0.4) is 0 Å². The average molecular weight is 185 g/mol. The third-order valence-corrected chi connectivity index (χ3v) is 2.47. The lowest BCUT2D eigenvalue weighted by Gasteiger charge is -1.98. The van der Waals surface area contributed by atoms with E-state index < -0.39 is 0 Å². The van der Waals surface area contributed by atoms with Crippen LogP contribution in [-0.2, 0) is 17.8 Å². The highest BCUT2D eigenvalue weighted by Crippen LogP contribution is 2.17. The van der Waals surface area contributed by atoms with Gasteiger partial charge in [0, 0.05) is 18.2 Å². The van der Waals surface area contributed by atoms with Gasteiger partial charge in [0.1, 0.15) is 5.01 Å². The molecule has 0 radical (unpaired) electrons. The predicted molar refractivity (Wildman–Crippen MR) is 51.4 cm³/mol. The van der Waals surface area contributed by atoms with Gasteiger partial charge in [-0.2, -0.15) is 0 Å². The smallest absolute Gasteiger partial charge is 0.119 e. The van der Waals surface area contributed by atoms with E-state index in [0.29, 0.717) is 12.5 Å². The number of hydrogen-bond acceptors (Lipinski definition) is 3. The quantitative estimate of drug-likeness (QED) is 0.719. The summed E-state index contributed by atoms with van der Waals surface area (Å²) in [6, 6.07) is 0. The normalized spacial score (nSPS) is 11.0. The molecule has 0 aliphatic heterocycles. The molecule has 0 aliphatic rings. The van der Waals surface area contributed by atoms with Crippen molar-refractivity contribution in [2.24, 2.45) is 5.92 Å². The first-order valence-electron chi connectivity index (χ1n) is 4.15. The van der Waals surface area contributed by atoms with Gasteiger partial charge in [0.25, 0.3) is 0 Å². The van der Waals surface area contributed by atoms with E-state index in [2.05, 4.69) is 18.8 Å². The van der Waals surface area contributed by atoms with Crippen molar-refractivity contribution >= 4 is 11.3 Å². The predicted octanol–water partition coefficient (Wildman–Crippen LogP) is 2.49. The molecule has 0 saturated carbocycles. The second kappa shape index (κ2) is 4.58. The molecular weight excluding hydrogens is 170 g/mol. The van der Waals surface area contributed by atoms with Gasteiger partial charge in [0.05, 0.1) is 6.61 Å². The molecule has 1 aromatic heterocycles. The zero-order valence-electron chi connectivity index (χ0n) is 7.83. The summed E-state index contributed by atoms with van der Waals surface area (Å²) in [6.07, 6.45) is 3.08. The summed E-state index contributed by atoms with van der Waals surface area (Å²) in [6.45, 7) is 5.08. The molecule has 1 rings (SSSR count). The topological polar surface area (TPSA) is 22.1 Å². The molecule has 0 fully saturated rings. The van der Waals surface area contributed by atoms with Gasteiger partial charge < -0.3 is 4.74 Å². The Balaban J connectivity index is 2.52. The van der Waals surface area contributed by atoms with Crippen LogP contribution < -0.4 is 0 Å². The van der Waals surface area contributed by atoms with E-state index in [1.54, 1.807) is 18.4 Å². The van der Waals surface area contributed by atoms with Crippen molar-refractivity contribution in [1.29, 1.82) is 0 Å². The Morgan fingerprint density at radius 1 is 1.58 bits per heavy atom. The molecule has 0 N–H and O–H groups in total. The lowest BCUT2D eigenvalue weighted by atomic mass is 10.1. The molecule has 0 aliphatic carbocycles. The van der Waals surface area contributed by atoms with E-state index in [9.17, 15) is 0 Å². The van der Waals surface area contributed by atoms with Crippen LogP contribution >= 0.6 is 11.3 Å². The molecule has 0 saturated heterocycles. The Bertz CT molecular complexity index is 232. The van der Waals surface area contributed by atoms with Crippen molar-refractivity contribution in [3.63, 3.8) is 0 Å². The van der Waals surface area contributed by atoms with E-state index in [0.717, 1.165) is 11.4 Å². The van der Waals surface area contributed by atoms with Gasteiger partial charge in [-0.3, -0.25) is 0 Å². The zero-order valence-corrected chi connectivity index (χ0v) is 8.65. The number of nitrogens with zero attached hydrogens (tertiary/aromatic N) is 1. The maximum Gasteiger partial charge on any atom is 0.119 e. The monoisotopic (exact) mass is 185 g/mol. The minimum atomic E-state index is 0.642. The first-order chi connectivity index (χ1) is 5.72. The Kier molecular flexibility index (Phi) is 3.69. The molecule has 0 atom stereocenters. The SMILES string of the molecule is COCc1ncc(CC(C)C)s1. The zero-order chi connectivity index (χ0) is 8.97. The molecule has 1 aromatic rings. The molecule has 0 spiro atoms. The highest BCUT2D eigenvalue weighted by atomic mass is 32.1. The van der Waals surface area contributed by atoms with Crippen molar-refractivity contribution in [2.45, 2.75) is 26.9 Å². The highest BCUT2D eigenvalue weighted by Gasteiger charge is 2.03. The molecule has 3 heteroatoms. The highest BCUT2D eigenvalue weighted by molar-refractivity contribution is 7.11. The fourth-order valence-electron chi connectivity index (χ4n) is 1.03. The van der Waals surface area contributed by atoms with E-state index in [-0.39, 0.29) is 0 Å². The van der Waals surface area contributed by atoms with Gasteiger partial charge in [-0.1, -0.05) is 13.8 Å². The van der Waals surface area contributed by atoms with Gasteiger partial charge in [0.2, 0.25) is 0 Å². The number of rotatable bonds is 4. The van der Waals surface area contributed by atoms with E-state index in [1.165, 1.54) is 4.88 Å². The number of ether oxygens (including phenoxy) is 1. The molecule has 0 unspecified atom stereocenters. The van der Waals surface area contributed by atoms with Gasteiger partial charge >= 0.3 is 0 Å². The lowest BCUT2D eigenvalue weighted by molar-refractivity contribution is 0.184. The van der Waals surface area contributed by atoms with Gasteiger partial charge in [-0.05, 0) is 12.3 Å². The summed E-state index contributed by atoms with van der Waals surface area (Å²) in [5, 5.41) is 1.08. The summed E-state index contributed by atoms with van der Waals surface area (Å²) < 4.78 is 4.99. The lowest BCUT2D eigenvalue weighted by Crippen LogP contribution is -1.89. The summed E-state index contributed by atoms with van der Waals surface area (Å²) >= 11 is 1.75. The van der Waals surface area contributed by atoms with Crippen LogP contribution in [0.4, 0.5) is 0 Å². The fourth-order valence-corrected chi connectivity index (χ4v) is 2.14. The second-order valence-corrected chi connectivity index (χ2v) is 4.45. The van der Waals surface area contributed by atoms with Crippen LogP contribution in [-0.4, -0.2) is 12.1 Å². The van der Waals surface area contributed by atoms with Crippen LogP contribution in [0.15, 0.2) is 6.20 Å². The van der Waals surface area contributed by atoms with Crippen LogP contribution in [0.5, 0.6) is 0 Å². The number of aromatic nitrogens is 1.